The molecule has 1 spiro atoms. The maximum Gasteiger partial charge on any atom is 0.325 e. The van der Waals surface area contributed by atoms with E-state index in [0.29, 0.717) is 18.9 Å². The molecule has 0 unspecified atom stereocenters. The van der Waals surface area contributed by atoms with E-state index in [4.69, 9.17) is 4.74 Å². The number of hydrogen-bond donors (Lipinski definition) is 1. The summed E-state index contributed by atoms with van der Waals surface area (Å²) in [5.41, 5.74) is -0.616. The topological polar surface area (TPSA) is 58.6 Å². The van der Waals surface area contributed by atoms with E-state index >= 15 is 0 Å². The van der Waals surface area contributed by atoms with Crippen molar-refractivity contribution >= 4 is 23.7 Å². The van der Waals surface area contributed by atoms with Crippen LogP contribution in [0.25, 0.3) is 0 Å². The Hall–Kier alpha value is -0.750. The second-order valence-corrected chi connectivity index (χ2v) is 4.87. The van der Waals surface area contributed by atoms with Gasteiger partial charge in [0.15, 0.2) is 0 Å². The van der Waals surface area contributed by atoms with Crippen molar-refractivity contribution in [1.29, 1.82) is 0 Å². The summed E-state index contributed by atoms with van der Waals surface area (Å²) in [5, 5.41) is 2.80. The number of imide groups is 1. The Morgan fingerprint density at radius 2 is 2.40 bits per heavy atom. The average molecular weight is 230 g/mol. The van der Waals surface area contributed by atoms with Crippen LogP contribution in [0.5, 0.6) is 0 Å². The maximum atomic E-state index is 12.0. The molecule has 5 nitrogen and oxygen atoms in total. The van der Waals surface area contributed by atoms with Crippen LogP contribution in [0.15, 0.2) is 0 Å². The highest BCUT2D eigenvalue weighted by molar-refractivity contribution is 7.99. The number of hydrogen-bond acceptors (Lipinski definition) is 4. The number of nitrogens with zero attached hydrogens (tertiary/aromatic N) is 1. The van der Waals surface area contributed by atoms with E-state index in [0.717, 1.165) is 12.2 Å². The van der Waals surface area contributed by atoms with E-state index in [9.17, 15) is 9.59 Å². The molecule has 3 amide bonds. The van der Waals surface area contributed by atoms with Gasteiger partial charge in [-0.25, -0.2) is 4.79 Å². The molecule has 15 heavy (non-hydrogen) atoms. The third kappa shape index (κ3) is 1.72. The van der Waals surface area contributed by atoms with Crippen molar-refractivity contribution in [2.75, 3.05) is 31.8 Å². The highest BCUT2D eigenvalue weighted by Gasteiger charge is 2.52. The van der Waals surface area contributed by atoms with Crippen molar-refractivity contribution in [3.05, 3.63) is 0 Å². The molecule has 0 bridgehead atoms. The van der Waals surface area contributed by atoms with E-state index < -0.39 is 5.54 Å². The standard InChI is InChI=1S/C9H14N2O3S/c1-14-4-3-11-7(12)9(10-8(11)13)2-5-15-6-9/h2-6H2,1H3,(H,10,13)/t9-/m0/s1. The van der Waals surface area contributed by atoms with Crippen molar-refractivity contribution in [2.45, 2.75) is 12.0 Å². The molecule has 0 aromatic carbocycles. The van der Waals surface area contributed by atoms with Gasteiger partial charge in [-0.2, -0.15) is 11.8 Å². The number of rotatable bonds is 3. The van der Waals surface area contributed by atoms with Gasteiger partial charge in [-0.1, -0.05) is 0 Å². The molecule has 2 heterocycles. The van der Waals surface area contributed by atoms with Crippen molar-refractivity contribution in [3.63, 3.8) is 0 Å². The molecule has 6 heteroatoms. The normalized spacial score (nSPS) is 30.3. The summed E-state index contributed by atoms with van der Waals surface area (Å²) in [4.78, 5) is 24.9. The molecule has 2 rings (SSSR count). The van der Waals surface area contributed by atoms with E-state index in [2.05, 4.69) is 5.32 Å². The Labute approximate surface area is 92.5 Å². The smallest absolute Gasteiger partial charge is 0.325 e. The minimum atomic E-state index is -0.616. The van der Waals surface area contributed by atoms with Crippen LogP contribution in [-0.2, 0) is 9.53 Å². The number of carbonyl (C=O) groups excluding carboxylic acids is 2. The molecule has 1 atom stereocenters. The first-order valence-electron chi connectivity index (χ1n) is 4.90. The zero-order valence-corrected chi connectivity index (χ0v) is 9.43. The molecule has 0 radical (unpaired) electrons. The van der Waals surface area contributed by atoms with Gasteiger partial charge in [-0.3, -0.25) is 9.69 Å². The lowest BCUT2D eigenvalue weighted by molar-refractivity contribution is -0.130. The Bertz CT molecular complexity index is 289. The molecule has 0 aromatic heterocycles. The third-order valence-electron chi connectivity index (χ3n) is 2.79. The largest absolute Gasteiger partial charge is 0.383 e. The summed E-state index contributed by atoms with van der Waals surface area (Å²) in [5.74, 6) is 1.54. The Morgan fingerprint density at radius 3 is 3.00 bits per heavy atom. The highest BCUT2D eigenvalue weighted by atomic mass is 32.2. The molecule has 2 aliphatic heterocycles. The average Bonchev–Trinajstić information content (AvgIpc) is 2.75. The van der Waals surface area contributed by atoms with E-state index in [1.807, 2.05) is 0 Å². The first-order chi connectivity index (χ1) is 7.19. The lowest BCUT2D eigenvalue weighted by atomic mass is 9.99. The number of amides is 3. The zero-order valence-electron chi connectivity index (χ0n) is 8.62. The zero-order chi connectivity index (χ0) is 10.9. The van der Waals surface area contributed by atoms with Gasteiger partial charge in [0.1, 0.15) is 5.54 Å². The van der Waals surface area contributed by atoms with Crippen LogP contribution in [0.1, 0.15) is 6.42 Å². The summed E-state index contributed by atoms with van der Waals surface area (Å²) in [6.45, 7) is 0.732. The second kappa shape index (κ2) is 4.02. The molecule has 2 fully saturated rings. The molecule has 0 aromatic rings. The van der Waals surface area contributed by atoms with E-state index in [1.165, 1.54) is 4.90 Å². The van der Waals surface area contributed by atoms with Crippen molar-refractivity contribution < 1.29 is 14.3 Å². The summed E-state index contributed by atoms with van der Waals surface area (Å²) in [6, 6.07) is -0.278. The van der Waals surface area contributed by atoms with Crippen molar-refractivity contribution in [1.82, 2.24) is 10.2 Å². The summed E-state index contributed by atoms with van der Waals surface area (Å²) >= 11 is 1.71. The van der Waals surface area contributed by atoms with Crippen LogP contribution in [-0.4, -0.2) is 54.1 Å². The molecular formula is C9H14N2O3S. The van der Waals surface area contributed by atoms with Crippen LogP contribution in [0, 0.1) is 0 Å². The quantitative estimate of drug-likeness (QED) is 0.697. The Kier molecular flexibility index (Phi) is 2.88. The molecule has 2 aliphatic rings. The SMILES string of the molecule is COCCN1C(=O)N[C@]2(CCSC2)C1=O. The van der Waals surface area contributed by atoms with E-state index in [-0.39, 0.29) is 11.9 Å². The summed E-state index contributed by atoms with van der Waals surface area (Å²) < 4.78 is 4.87. The summed E-state index contributed by atoms with van der Waals surface area (Å²) in [7, 11) is 1.56. The first kappa shape index (κ1) is 10.8. The Morgan fingerprint density at radius 1 is 1.60 bits per heavy atom. The fourth-order valence-corrected chi connectivity index (χ4v) is 3.22. The maximum absolute atomic E-state index is 12.0. The predicted molar refractivity (Wildman–Crippen MR) is 56.8 cm³/mol. The van der Waals surface area contributed by atoms with Crippen molar-refractivity contribution in [2.24, 2.45) is 0 Å². The number of thioether (sulfide) groups is 1. The van der Waals surface area contributed by atoms with Gasteiger partial charge in [0.05, 0.1) is 13.2 Å². The molecule has 1 N–H and O–H groups in total. The number of urea groups is 1. The van der Waals surface area contributed by atoms with Gasteiger partial charge in [-0.05, 0) is 12.2 Å². The molecule has 0 aliphatic carbocycles. The lowest BCUT2D eigenvalue weighted by Gasteiger charge is -2.18. The molecule has 2 saturated heterocycles. The Balaban J connectivity index is 2.08. The molecule has 0 saturated carbocycles. The third-order valence-corrected chi connectivity index (χ3v) is 3.98. The van der Waals surface area contributed by atoms with E-state index in [1.54, 1.807) is 18.9 Å². The van der Waals surface area contributed by atoms with Crippen LogP contribution in [0.2, 0.25) is 0 Å². The van der Waals surface area contributed by atoms with Crippen LogP contribution in [0.4, 0.5) is 4.79 Å². The van der Waals surface area contributed by atoms with Crippen molar-refractivity contribution in [3.8, 4) is 0 Å². The van der Waals surface area contributed by atoms with Gasteiger partial charge in [0.25, 0.3) is 5.91 Å². The van der Waals surface area contributed by atoms with Gasteiger partial charge in [0.2, 0.25) is 0 Å². The number of carbonyl (C=O) groups is 2. The highest BCUT2D eigenvalue weighted by Crippen LogP contribution is 2.33. The number of nitrogens with one attached hydrogen (secondary N) is 1. The van der Waals surface area contributed by atoms with Crippen LogP contribution in [0.3, 0.4) is 0 Å². The van der Waals surface area contributed by atoms with Crippen LogP contribution >= 0.6 is 11.8 Å². The minimum absolute atomic E-state index is 0.0884. The van der Waals surface area contributed by atoms with Crippen LogP contribution < -0.4 is 5.32 Å². The second-order valence-electron chi connectivity index (χ2n) is 3.76. The minimum Gasteiger partial charge on any atom is -0.383 e. The van der Waals surface area contributed by atoms with Gasteiger partial charge in [0, 0.05) is 12.9 Å². The summed E-state index contributed by atoms with van der Waals surface area (Å²) in [6.07, 6.45) is 0.742. The fraction of sp³-hybridized carbons (Fsp3) is 0.778. The lowest BCUT2D eigenvalue weighted by Crippen LogP contribution is -2.47. The van der Waals surface area contributed by atoms with Gasteiger partial charge in [-0.15, -0.1) is 0 Å². The molecular weight excluding hydrogens is 216 g/mol. The number of methoxy groups -OCH3 is 1. The van der Waals surface area contributed by atoms with Gasteiger partial charge >= 0.3 is 6.03 Å². The fourth-order valence-electron chi connectivity index (χ4n) is 1.89. The molecule has 84 valence electrons. The first-order valence-corrected chi connectivity index (χ1v) is 6.06. The van der Waals surface area contributed by atoms with Gasteiger partial charge < -0.3 is 10.1 Å². The number of ether oxygens (including phenoxy) is 1. The predicted octanol–water partition coefficient (Wildman–Crippen LogP) is 0.0603. The monoisotopic (exact) mass is 230 g/mol.